The first kappa shape index (κ1) is 12.4. The van der Waals surface area contributed by atoms with E-state index in [1.54, 1.807) is 18.3 Å². The summed E-state index contributed by atoms with van der Waals surface area (Å²) in [4.78, 5) is 4.17. The van der Waals surface area contributed by atoms with Gasteiger partial charge in [0.05, 0.1) is 6.61 Å². The van der Waals surface area contributed by atoms with Crippen molar-refractivity contribution in [3.63, 3.8) is 0 Å². The van der Waals surface area contributed by atoms with E-state index in [2.05, 4.69) is 10.3 Å². The van der Waals surface area contributed by atoms with E-state index in [9.17, 15) is 4.39 Å². The minimum absolute atomic E-state index is 0.266. The molecule has 0 saturated carbocycles. The molecule has 1 N–H and O–H groups in total. The standard InChI is InChI=1S/C13H16FN3O/c1-3-17-8-7-15-13(17)16-10-5-6-12(18-4-2)11(14)9-10/h5-9H,3-4H2,1-2H3,(H,15,16). The third-order valence-electron chi connectivity index (χ3n) is 2.54. The highest BCUT2D eigenvalue weighted by Crippen LogP contribution is 2.23. The molecule has 0 amide bonds. The summed E-state index contributed by atoms with van der Waals surface area (Å²) in [5, 5.41) is 3.07. The van der Waals surface area contributed by atoms with Crippen molar-refractivity contribution in [3.05, 3.63) is 36.4 Å². The summed E-state index contributed by atoms with van der Waals surface area (Å²) in [6.45, 7) is 5.10. The van der Waals surface area contributed by atoms with Crippen LogP contribution in [-0.2, 0) is 6.54 Å². The van der Waals surface area contributed by atoms with Crippen LogP contribution in [0.5, 0.6) is 5.75 Å². The average molecular weight is 249 g/mol. The minimum atomic E-state index is -0.378. The van der Waals surface area contributed by atoms with Crippen molar-refractivity contribution in [3.8, 4) is 5.75 Å². The van der Waals surface area contributed by atoms with E-state index in [1.807, 2.05) is 24.6 Å². The van der Waals surface area contributed by atoms with Crippen LogP contribution in [0.1, 0.15) is 13.8 Å². The Morgan fingerprint density at radius 3 is 2.89 bits per heavy atom. The zero-order chi connectivity index (χ0) is 13.0. The minimum Gasteiger partial charge on any atom is -0.491 e. The Hall–Kier alpha value is -2.04. The molecule has 0 aliphatic heterocycles. The van der Waals surface area contributed by atoms with Crippen LogP contribution in [0.25, 0.3) is 0 Å². The highest BCUT2D eigenvalue weighted by atomic mass is 19.1. The van der Waals surface area contributed by atoms with Gasteiger partial charge in [-0.3, -0.25) is 0 Å². The fourth-order valence-electron chi connectivity index (χ4n) is 1.67. The molecule has 1 aromatic heterocycles. The molecule has 0 fully saturated rings. The lowest BCUT2D eigenvalue weighted by atomic mass is 10.3. The van der Waals surface area contributed by atoms with Gasteiger partial charge in [-0.2, -0.15) is 0 Å². The molecule has 18 heavy (non-hydrogen) atoms. The third-order valence-corrected chi connectivity index (χ3v) is 2.54. The van der Waals surface area contributed by atoms with Crippen LogP contribution in [-0.4, -0.2) is 16.2 Å². The molecule has 5 heteroatoms. The zero-order valence-electron chi connectivity index (χ0n) is 10.5. The van der Waals surface area contributed by atoms with Crippen LogP contribution in [0.3, 0.4) is 0 Å². The highest BCUT2D eigenvalue weighted by Gasteiger charge is 2.06. The zero-order valence-corrected chi connectivity index (χ0v) is 10.5. The molecular weight excluding hydrogens is 233 g/mol. The number of aromatic nitrogens is 2. The number of halogens is 1. The van der Waals surface area contributed by atoms with Gasteiger partial charge in [0, 0.05) is 30.7 Å². The average Bonchev–Trinajstić information content (AvgIpc) is 2.80. The first-order valence-corrected chi connectivity index (χ1v) is 5.95. The van der Waals surface area contributed by atoms with Gasteiger partial charge in [-0.05, 0) is 26.0 Å². The van der Waals surface area contributed by atoms with Crippen molar-refractivity contribution in [2.45, 2.75) is 20.4 Å². The van der Waals surface area contributed by atoms with E-state index >= 15 is 0 Å². The van der Waals surface area contributed by atoms with Crippen molar-refractivity contribution in [1.29, 1.82) is 0 Å². The summed E-state index contributed by atoms with van der Waals surface area (Å²) in [6, 6.07) is 4.78. The van der Waals surface area contributed by atoms with E-state index in [4.69, 9.17) is 4.74 Å². The van der Waals surface area contributed by atoms with Gasteiger partial charge in [0.15, 0.2) is 11.6 Å². The summed E-state index contributed by atoms with van der Waals surface area (Å²) in [5.41, 5.74) is 0.650. The van der Waals surface area contributed by atoms with Crippen LogP contribution >= 0.6 is 0 Å². The van der Waals surface area contributed by atoms with Gasteiger partial charge in [0.1, 0.15) is 0 Å². The number of aryl methyl sites for hydroxylation is 1. The van der Waals surface area contributed by atoms with Crippen molar-refractivity contribution < 1.29 is 9.13 Å². The predicted octanol–water partition coefficient (Wildman–Crippen LogP) is 3.18. The van der Waals surface area contributed by atoms with Crippen LogP contribution in [0.2, 0.25) is 0 Å². The fourth-order valence-corrected chi connectivity index (χ4v) is 1.67. The van der Waals surface area contributed by atoms with E-state index < -0.39 is 0 Å². The summed E-state index contributed by atoms with van der Waals surface area (Å²) in [6.07, 6.45) is 3.57. The van der Waals surface area contributed by atoms with Gasteiger partial charge in [-0.15, -0.1) is 0 Å². The van der Waals surface area contributed by atoms with Gasteiger partial charge >= 0.3 is 0 Å². The molecule has 0 aliphatic rings. The first-order valence-electron chi connectivity index (χ1n) is 5.95. The molecular formula is C13H16FN3O. The third kappa shape index (κ3) is 2.61. The van der Waals surface area contributed by atoms with Crippen molar-refractivity contribution in [2.24, 2.45) is 0 Å². The number of hydrogen-bond acceptors (Lipinski definition) is 3. The van der Waals surface area contributed by atoms with Gasteiger partial charge in [0.25, 0.3) is 0 Å². The predicted molar refractivity (Wildman–Crippen MR) is 68.8 cm³/mol. The molecule has 2 aromatic rings. The SMILES string of the molecule is CCOc1ccc(Nc2nccn2CC)cc1F. The van der Waals surface area contributed by atoms with Crippen LogP contribution in [0, 0.1) is 5.82 Å². The van der Waals surface area contributed by atoms with E-state index in [0.717, 1.165) is 6.54 Å². The number of rotatable bonds is 5. The molecule has 1 heterocycles. The van der Waals surface area contributed by atoms with Gasteiger partial charge < -0.3 is 14.6 Å². The second kappa shape index (κ2) is 5.53. The molecule has 4 nitrogen and oxygen atoms in total. The summed E-state index contributed by atoms with van der Waals surface area (Å²) < 4.78 is 20.7. The van der Waals surface area contributed by atoms with Gasteiger partial charge in [-0.25, -0.2) is 9.37 Å². The summed E-state index contributed by atoms with van der Waals surface area (Å²) in [5.74, 6) is 0.583. The van der Waals surface area contributed by atoms with Gasteiger partial charge in [0.2, 0.25) is 5.95 Å². The molecule has 0 saturated heterocycles. The molecule has 0 unspecified atom stereocenters. The Morgan fingerprint density at radius 2 is 2.22 bits per heavy atom. The maximum atomic E-state index is 13.7. The van der Waals surface area contributed by atoms with E-state index in [1.165, 1.54) is 6.07 Å². The highest BCUT2D eigenvalue weighted by molar-refractivity contribution is 5.55. The number of benzene rings is 1. The first-order chi connectivity index (χ1) is 8.74. The number of imidazole rings is 1. The van der Waals surface area contributed by atoms with Crippen molar-refractivity contribution in [1.82, 2.24) is 9.55 Å². The molecule has 0 atom stereocenters. The Balaban J connectivity index is 2.17. The topological polar surface area (TPSA) is 39.1 Å². The van der Waals surface area contributed by atoms with Crippen molar-refractivity contribution >= 4 is 11.6 Å². The number of nitrogens with zero attached hydrogens (tertiary/aromatic N) is 2. The van der Waals surface area contributed by atoms with Crippen LogP contribution in [0.15, 0.2) is 30.6 Å². The Morgan fingerprint density at radius 1 is 1.39 bits per heavy atom. The lowest BCUT2D eigenvalue weighted by Crippen LogP contribution is -2.02. The second-order valence-corrected chi connectivity index (χ2v) is 3.74. The normalized spacial score (nSPS) is 10.4. The molecule has 0 radical (unpaired) electrons. The van der Waals surface area contributed by atoms with Crippen LogP contribution in [0.4, 0.5) is 16.0 Å². The van der Waals surface area contributed by atoms with Crippen molar-refractivity contribution in [2.75, 3.05) is 11.9 Å². The number of ether oxygens (including phenoxy) is 1. The van der Waals surface area contributed by atoms with Gasteiger partial charge in [-0.1, -0.05) is 0 Å². The van der Waals surface area contributed by atoms with E-state index in [-0.39, 0.29) is 11.6 Å². The molecule has 0 spiro atoms. The quantitative estimate of drug-likeness (QED) is 0.884. The maximum absolute atomic E-state index is 13.7. The Bertz CT molecular complexity index is 525. The monoisotopic (exact) mass is 249 g/mol. The number of nitrogens with one attached hydrogen (secondary N) is 1. The number of hydrogen-bond donors (Lipinski definition) is 1. The fraction of sp³-hybridized carbons (Fsp3) is 0.308. The Labute approximate surface area is 105 Å². The smallest absolute Gasteiger partial charge is 0.207 e. The number of anilines is 2. The lowest BCUT2D eigenvalue weighted by Gasteiger charge is -2.09. The Kier molecular flexibility index (Phi) is 3.82. The molecule has 2 rings (SSSR count). The summed E-state index contributed by atoms with van der Waals surface area (Å²) >= 11 is 0. The lowest BCUT2D eigenvalue weighted by molar-refractivity contribution is 0.321. The van der Waals surface area contributed by atoms with Crippen LogP contribution < -0.4 is 10.1 Å². The summed E-state index contributed by atoms with van der Waals surface area (Å²) in [7, 11) is 0. The second-order valence-electron chi connectivity index (χ2n) is 3.74. The largest absolute Gasteiger partial charge is 0.491 e. The molecule has 96 valence electrons. The molecule has 0 bridgehead atoms. The maximum Gasteiger partial charge on any atom is 0.207 e. The molecule has 0 aliphatic carbocycles. The van der Waals surface area contributed by atoms with E-state index in [0.29, 0.717) is 18.2 Å². The molecule has 1 aromatic carbocycles.